The molecule has 0 aliphatic carbocycles. The minimum atomic E-state index is -3.37. The Morgan fingerprint density at radius 1 is 1.24 bits per heavy atom. The van der Waals surface area contributed by atoms with Crippen LogP contribution in [0.4, 0.5) is 4.39 Å². The molecule has 2 aliphatic heterocycles. The van der Waals surface area contributed by atoms with Crippen molar-refractivity contribution in [1.29, 1.82) is 0 Å². The highest BCUT2D eigenvalue weighted by Gasteiger charge is 2.52. The zero-order valence-electron chi connectivity index (χ0n) is 17.2. The summed E-state index contributed by atoms with van der Waals surface area (Å²) < 4.78 is 49.7. The number of alkyl halides is 1. The van der Waals surface area contributed by atoms with E-state index < -0.39 is 22.1 Å². The molecule has 0 bridgehead atoms. The Labute approximate surface area is 171 Å². The summed E-state index contributed by atoms with van der Waals surface area (Å²) in [5, 5.41) is 0. The third-order valence-electron chi connectivity index (χ3n) is 6.19. The molecule has 7 nitrogen and oxygen atoms in total. The van der Waals surface area contributed by atoms with Crippen LogP contribution in [0.25, 0.3) is 0 Å². The number of amides is 1. The monoisotopic (exact) mass is 428 g/mol. The molecular formula is C20H29FN2O5S. The van der Waals surface area contributed by atoms with E-state index in [1.165, 1.54) is 4.31 Å². The van der Waals surface area contributed by atoms with Gasteiger partial charge in [0.05, 0.1) is 27.1 Å². The summed E-state index contributed by atoms with van der Waals surface area (Å²) in [7, 11) is -0.235. The van der Waals surface area contributed by atoms with E-state index in [1.54, 1.807) is 25.2 Å². The fourth-order valence-corrected chi connectivity index (χ4v) is 5.38. The fraction of sp³-hybridized carbons (Fsp3) is 0.650. The van der Waals surface area contributed by atoms with Gasteiger partial charge in [-0.15, -0.1) is 0 Å². The van der Waals surface area contributed by atoms with Crippen LogP contribution in [-0.4, -0.2) is 76.9 Å². The molecule has 9 heteroatoms. The number of aryl methyl sites for hydroxylation is 1. The Hall–Kier alpha value is -1.87. The van der Waals surface area contributed by atoms with Crippen molar-refractivity contribution in [2.45, 2.75) is 19.3 Å². The van der Waals surface area contributed by atoms with Gasteiger partial charge in [0.1, 0.15) is 0 Å². The topological polar surface area (TPSA) is 76.2 Å². The predicted octanol–water partition coefficient (Wildman–Crippen LogP) is 1.72. The van der Waals surface area contributed by atoms with Gasteiger partial charge < -0.3 is 14.4 Å². The molecule has 0 unspecified atom stereocenters. The smallest absolute Gasteiger partial charge is 0.222 e. The summed E-state index contributed by atoms with van der Waals surface area (Å²) in [5.74, 6) is 1.21. The number of rotatable bonds is 7. The van der Waals surface area contributed by atoms with Crippen LogP contribution < -0.4 is 9.47 Å². The van der Waals surface area contributed by atoms with Crippen LogP contribution in [0.2, 0.25) is 0 Å². The number of halogens is 1. The summed E-state index contributed by atoms with van der Waals surface area (Å²) in [6.07, 6.45) is 2.58. The summed E-state index contributed by atoms with van der Waals surface area (Å²) in [6.45, 7) is 0.672. The van der Waals surface area contributed by atoms with Gasteiger partial charge in [0.2, 0.25) is 15.9 Å². The molecule has 2 heterocycles. The number of benzene rings is 1. The molecule has 3 rings (SSSR count). The van der Waals surface area contributed by atoms with Crippen molar-refractivity contribution in [2.75, 3.05) is 53.3 Å². The molecule has 29 heavy (non-hydrogen) atoms. The maximum Gasteiger partial charge on any atom is 0.222 e. The Morgan fingerprint density at radius 2 is 1.97 bits per heavy atom. The average Bonchev–Trinajstić information content (AvgIpc) is 3.10. The van der Waals surface area contributed by atoms with E-state index in [4.69, 9.17) is 9.47 Å². The maximum atomic E-state index is 14.0. The summed E-state index contributed by atoms with van der Waals surface area (Å²) in [6, 6.07) is 5.55. The Morgan fingerprint density at radius 3 is 2.59 bits per heavy atom. The van der Waals surface area contributed by atoms with Crippen molar-refractivity contribution in [3.05, 3.63) is 23.8 Å². The number of carbonyl (C=O) groups is 1. The third-order valence-corrected chi connectivity index (χ3v) is 7.44. The second-order valence-corrected chi connectivity index (χ2v) is 10.0. The van der Waals surface area contributed by atoms with Gasteiger partial charge in [-0.05, 0) is 36.5 Å². The van der Waals surface area contributed by atoms with E-state index in [0.29, 0.717) is 43.9 Å². The molecule has 2 fully saturated rings. The molecule has 2 saturated heterocycles. The van der Waals surface area contributed by atoms with Crippen molar-refractivity contribution in [2.24, 2.45) is 11.3 Å². The highest BCUT2D eigenvalue weighted by molar-refractivity contribution is 7.88. The van der Waals surface area contributed by atoms with Crippen LogP contribution in [0.15, 0.2) is 18.2 Å². The number of carbonyl (C=O) groups excluding carboxylic acids is 1. The van der Waals surface area contributed by atoms with Gasteiger partial charge in [-0.2, -0.15) is 0 Å². The molecule has 0 saturated carbocycles. The summed E-state index contributed by atoms with van der Waals surface area (Å²) in [4.78, 5) is 14.5. The standard InChI is InChI=1S/C20H29FN2O5S/c1-27-17-6-4-15(10-18(17)28-2)5-7-19(24)22-11-16-8-9-23(29(3,25)26)14-20(16,12-21)13-22/h4,6,10,16H,5,7-9,11-14H2,1-3H3/t16-,20-/m0/s1. The number of sulfonamides is 1. The van der Waals surface area contributed by atoms with Crippen molar-refractivity contribution < 1.29 is 27.1 Å². The number of fused-ring (bicyclic) bond motifs is 1. The molecular weight excluding hydrogens is 399 g/mol. The first-order valence-corrected chi connectivity index (χ1v) is 11.6. The largest absolute Gasteiger partial charge is 0.493 e. The van der Waals surface area contributed by atoms with Crippen molar-refractivity contribution in [3.63, 3.8) is 0 Å². The lowest BCUT2D eigenvalue weighted by atomic mass is 9.75. The van der Waals surface area contributed by atoms with E-state index in [-0.39, 0.29) is 24.9 Å². The van der Waals surface area contributed by atoms with Crippen LogP contribution in [0.1, 0.15) is 18.4 Å². The number of methoxy groups -OCH3 is 2. The van der Waals surface area contributed by atoms with E-state index in [1.807, 2.05) is 12.1 Å². The second kappa shape index (κ2) is 8.47. The van der Waals surface area contributed by atoms with E-state index in [9.17, 15) is 17.6 Å². The van der Waals surface area contributed by atoms with Gasteiger partial charge in [-0.1, -0.05) is 6.07 Å². The van der Waals surface area contributed by atoms with E-state index >= 15 is 0 Å². The Bertz CT molecular complexity index is 862. The molecule has 2 atom stereocenters. The first-order chi connectivity index (χ1) is 13.7. The molecule has 0 aromatic heterocycles. The predicted molar refractivity (Wildman–Crippen MR) is 107 cm³/mol. The van der Waals surface area contributed by atoms with Crippen LogP contribution in [0.3, 0.4) is 0 Å². The number of hydrogen-bond donors (Lipinski definition) is 0. The van der Waals surface area contributed by atoms with Gasteiger partial charge >= 0.3 is 0 Å². The molecule has 0 radical (unpaired) electrons. The molecule has 2 aliphatic rings. The van der Waals surface area contributed by atoms with Gasteiger partial charge in [0.25, 0.3) is 0 Å². The third kappa shape index (κ3) is 4.50. The van der Waals surface area contributed by atoms with Crippen LogP contribution in [0, 0.1) is 11.3 Å². The average molecular weight is 429 g/mol. The lowest BCUT2D eigenvalue weighted by Crippen LogP contribution is -2.51. The number of nitrogens with zero attached hydrogens (tertiary/aromatic N) is 2. The van der Waals surface area contributed by atoms with Crippen molar-refractivity contribution in [1.82, 2.24) is 9.21 Å². The summed E-state index contributed by atoms with van der Waals surface area (Å²) >= 11 is 0. The number of piperidine rings is 1. The highest BCUT2D eigenvalue weighted by atomic mass is 32.2. The number of ether oxygens (including phenoxy) is 2. The molecule has 0 spiro atoms. The van der Waals surface area contributed by atoms with Gasteiger partial charge in [0, 0.05) is 38.0 Å². The van der Waals surface area contributed by atoms with Gasteiger partial charge in [-0.3, -0.25) is 9.18 Å². The van der Waals surface area contributed by atoms with Gasteiger partial charge in [-0.25, -0.2) is 12.7 Å². The highest BCUT2D eigenvalue weighted by Crippen LogP contribution is 2.43. The maximum absolute atomic E-state index is 14.0. The quantitative estimate of drug-likeness (QED) is 0.661. The lowest BCUT2D eigenvalue weighted by Gasteiger charge is -2.41. The SMILES string of the molecule is COc1ccc(CCC(=O)N2C[C@@H]3CCN(S(C)(=O)=O)C[C@]3(CF)C2)cc1OC. The molecule has 1 amide bonds. The zero-order valence-corrected chi connectivity index (χ0v) is 18.0. The molecule has 1 aromatic rings. The van der Waals surface area contributed by atoms with Gasteiger partial charge in [0.15, 0.2) is 11.5 Å². The van der Waals surface area contributed by atoms with Crippen molar-refractivity contribution >= 4 is 15.9 Å². The fourth-order valence-electron chi connectivity index (χ4n) is 4.45. The lowest BCUT2D eigenvalue weighted by molar-refractivity contribution is -0.130. The van der Waals surface area contributed by atoms with Crippen molar-refractivity contribution in [3.8, 4) is 11.5 Å². The number of hydrogen-bond acceptors (Lipinski definition) is 5. The van der Waals surface area contributed by atoms with Crippen LogP contribution in [0.5, 0.6) is 11.5 Å². The Balaban J connectivity index is 1.64. The molecule has 1 aromatic carbocycles. The zero-order chi connectivity index (χ0) is 21.2. The number of likely N-dealkylation sites (tertiary alicyclic amines) is 1. The first-order valence-electron chi connectivity index (χ1n) is 9.72. The first kappa shape index (κ1) is 21.8. The van der Waals surface area contributed by atoms with Crippen LogP contribution >= 0.6 is 0 Å². The van der Waals surface area contributed by atoms with Crippen LogP contribution in [-0.2, 0) is 21.2 Å². The Kier molecular flexibility index (Phi) is 6.38. The summed E-state index contributed by atoms with van der Waals surface area (Å²) in [5.41, 5.74) is 0.163. The van der Waals surface area contributed by atoms with E-state index in [2.05, 4.69) is 0 Å². The molecule has 0 N–H and O–H groups in total. The minimum absolute atomic E-state index is 0.00414. The van der Waals surface area contributed by atoms with E-state index in [0.717, 1.165) is 11.8 Å². The minimum Gasteiger partial charge on any atom is -0.493 e. The second-order valence-electron chi connectivity index (χ2n) is 8.04. The normalized spacial score (nSPS) is 25.0. The molecule has 162 valence electrons.